The van der Waals surface area contributed by atoms with Crippen molar-refractivity contribution in [1.82, 2.24) is 9.38 Å². The molecule has 0 saturated heterocycles. The summed E-state index contributed by atoms with van der Waals surface area (Å²) in [5, 5.41) is 0. The maximum atomic E-state index is 6.19. The van der Waals surface area contributed by atoms with E-state index in [1.807, 2.05) is 40.9 Å². The molecule has 0 unspecified atom stereocenters. The van der Waals surface area contributed by atoms with Gasteiger partial charge in [0.2, 0.25) is 6.79 Å². The van der Waals surface area contributed by atoms with Gasteiger partial charge in [0.1, 0.15) is 17.2 Å². The van der Waals surface area contributed by atoms with E-state index in [0.29, 0.717) is 5.82 Å². The number of nitrogen functional groups attached to an aromatic ring is 1. The molecule has 3 heterocycles. The number of aromatic nitrogens is 2. The standard InChI is InChI=1S/C14H10BrN3O2/c15-9-2-4-12-17-13(14(16)18(12)6-9)8-1-3-10-11(5-8)20-7-19-10/h1-6H,7,16H2. The first-order chi connectivity index (χ1) is 9.72. The predicted octanol–water partition coefficient (Wildman–Crippen LogP) is 3.07. The zero-order chi connectivity index (χ0) is 13.7. The lowest BCUT2D eigenvalue weighted by atomic mass is 10.1. The SMILES string of the molecule is Nc1c(-c2ccc3c(c2)OCO3)nc2ccc(Br)cn12. The maximum absolute atomic E-state index is 6.19. The van der Waals surface area contributed by atoms with Gasteiger partial charge in [0.25, 0.3) is 0 Å². The van der Waals surface area contributed by atoms with E-state index in [2.05, 4.69) is 20.9 Å². The smallest absolute Gasteiger partial charge is 0.231 e. The molecule has 3 aromatic rings. The first-order valence-corrected chi connectivity index (χ1v) is 6.85. The number of halogens is 1. The van der Waals surface area contributed by atoms with Crippen molar-refractivity contribution in [3.8, 4) is 22.8 Å². The van der Waals surface area contributed by atoms with Crippen LogP contribution in [0.4, 0.5) is 5.82 Å². The van der Waals surface area contributed by atoms with E-state index in [9.17, 15) is 0 Å². The Morgan fingerprint density at radius 3 is 2.90 bits per heavy atom. The lowest BCUT2D eigenvalue weighted by Gasteiger charge is -2.01. The van der Waals surface area contributed by atoms with Crippen LogP contribution in [-0.2, 0) is 0 Å². The minimum Gasteiger partial charge on any atom is -0.454 e. The van der Waals surface area contributed by atoms with Crippen molar-refractivity contribution < 1.29 is 9.47 Å². The summed E-state index contributed by atoms with van der Waals surface area (Å²) in [6.45, 7) is 0.256. The first-order valence-electron chi connectivity index (χ1n) is 6.05. The molecule has 0 bridgehead atoms. The summed E-state index contributed by atoms with van der Waals surface area (Å²) in [5.41, 5.74) is 8.64. The van der Waals surface area contributed by atoms with Crippen molar-refractivity contribution in [2.45, 2.75) is 0 Å². The van der Waals surface area contributed by atoms with Crippen LogP contribution in [0.2, 0.25) is 0 Å². The summed E-state index contributed by atoms with van der Waals surface area (Å²) in [5.74, 6) is 2.07. The van der Waals surface area contributed by atoms with Crippen molar-refractivity contribution in [3.63, 3.8) is 0 Å². The third-order valence-electron chi connectivity index (χ3n) is 3.27. The Bertz CT molecular complexity index is 829. The van der Waals surface area contributed by atoms with E-state index in [4.69, 9.17) is 15.2 Å². The molecule has 0 amide bonds. The van der Waals surface area contributed by atoms with Gasteiger partial charge in [-0.1, -0.05) is 0 Å². The number of nitrogens with zero attached hydrogens (tertiary/aromatic N) is 2. The summed E-state index contributed by atoms with van der Waals surface area (Å²) < 4.78 is 13.5. The molecule has 20 heavy (non-hydrogen) atoms. The first kappa shape index (κ1) is 11.6. The number of ether oxygens (including phenoxy) is 2. The highest BCUT2D eigenvalue weighted by molar-refractivity contribution is 9.10. The van der Waals surface area contributed by atoms with Crippen LogP contribution < -0.4 is 15.2 Å². The van der Waals surface area contributed by atoms with Crippen LogP contribution in [0.3, 0.4) is 0 Å². The number of pyridine rings is 1. The maximum Gasteiger partial charge on any atom is 0.231 e. The highest BCUT2D eigenvalue weighted by Gasteiger charge is 2.17. The third kappa shape index (κ3) is 1.65. The van der Waals surface area contributed by atoms with Gasteiger partial charge in [0.05, 0.1) is 0 Å². The molecule has 0 saturated carbocycles. The molecule has 0 aliphatic carbocycles. The molecule has 0 spiro atoms. The van der Waals surface area contributed by atoms with Crippen LogP contribution in [-0.4, -0.2) is 16.2 Å². The Balaban J connectivity index is 1.92. The lowest BCUT2D eigenvalue weighted by molar-refractivity contribution is 0.174. The van der Waals surface area contributed by atoms with Crippen molar-refractivity contribution >= 4 is 27.4 Å². The molecule has 100 valence electrons. The normalized spacial score (nSPS) is 13.1. The van der Waals surface area contributed by atoms with Gasteiger partial charge in [0, 0.05) is 16.2 Å². The quantitative estimate of drug-likeness (QED) is 0.744. The number of hydrogen-bond donors (Lipinski definition) is 1. The molecule has 0 fully saturated rings. The number of benzene rings is 1. The second kappa shape index (κ2) is 4.14. The van der Waals surface area contributed by atoms with Crippen LogP contribution in [0.1, 0.15) is 0 Å². The molecule has 1 aliphatic heterocycles. The lowest BCUT2D eigenvalue weighted by Crippen LogP contribution is -1.94. The van der Waals surface area contributed by atoms with E-state index in [1.54, 1.807) is 0 Å². The number of imidazole rings is 1. The summed E-state index contributed by atoms with van der Waals surface area (Å²) in [6.07, 6.45) is 1.90. The van der Waals surface area contributed by atoms with Gasteiger partial charge in [0.15, 0.2) is 11.5 Å². The third-order valence-corrected chi connectivity index (χ3v) is 3.73. The minimum absolute atomic E-state index is 0.256. The number of fused-ring (bicyclic) bond motifs is 2. The predicted molar refractivity (Wildman–Crippen MR) is 78.9 cm³/mol. The van der Waals surface area contributed by atoms with Gasteiger partial charge in [-0.3, -0.25) is 4.40 Å². The van der Waals surface area contributed by atoms with Gasteiger partial charge < -0.3 is 15.2 Å². The van der Waals surface area contributed by atoms with E-state index in [-0.39, 0.29) is 6.79 Å². The van der Waals surface area contributed by atoms with Gasteiger partial charge in [-0.05, 0) is 46.3 Å². The van der Waals surface area contributed by atoms with Crippen LogP contribution >= 0.6 is 15.9 Å². The van der Waals surface area contributed by atoms with Crippen LogP contribution in [0.25, 0.3) is 16.9 Å². The second-order valence-electron chi connectivity index (χ2n) is 4.49. The largest absolute Gasteiger partial charge is 0.454 e. The molecule has 2 N–H and O–H groups in total. The Hall–Kier alpha value is -2.21. The van der Waals surface area contributed by atoms with Crippen molar-refractivity contribution in [3.05, 3.63) is 41.0 Å². The second-order valence-corrected chi connectivity index (χ2v) is 5.40. The fourth-order valence-corrected chi connectivity index (χ4v) is 2.63. The molecule has 0 radical (unpaired) electrons. The van der Waals surface area contributed by atoms with Gasteiger partial charge in [-0.2, -0.15) is 0 Å². The number of nitrogens with two attached hydrogens (primary N) is 1. The zero-order valence-corrected chi connectivity index (χ0v) is 11.9. The molecule has 0 atom stereocenters. The Morgan fingerprint density at radius 1 is 1.15 bits per heavy atom. The van der Waals surface area contributed by atoms with Crippen LogP contribution in [0.15, 0.2) is 41.0 Å². The van der Waals surface area contributed by atoms with Gasteiger partial charge >= 0.3 is 0 Å². The average molecular weight is 332 g/mol. The Labute approximate surface area is 123 Å². The van der Waals surface area contributed by atoms with Gasteiger partial charge in [-0.25, -0.2) is 4.98 Å². The summed E-state index contributed by atoms with van der Waals surface area (Å²) in [4.78, 5) is 4.57. The fraction of sp³-hybridized carbons (Fsp3) is 0.0714. The molecule has 1 aliphatic rings. The molecule has 1 aromatic carbocycles. The van der Waals surface area contributed by atoms with Crippen molar-refractivity contribution in [2.75, 3.05) is 12.5 Å². The zero-order valence-electron chi connectivity index (χ0n) is 10.3. The molecular formula is C14H10BrN3O2. The van der Waals surface area contributed by atoms with Gasteiger partial charge in [-0.15, -0.1) is 0 Å². The highest BCUT2D eigenvalue weighted by Crippen LogP contribution is 2.37. The fourth-order valence-electron chi connectivity index (χ4n) is 2.29. The minimum atomic E-state index is 0.256. The average Bonchev–Trinajstić information content (AvgIpc) is 3.03. The van der Waals surface area contributed by atoms with Crippen molar-refractivity contribution in [2.24, 2.45) is 0 Å². The molecular weight excluding hydrogens is 322 g/mol. The number of hydrogen-bond acceptors (Lipinski definition) is 4. The van der Waals surface area contributed by atoms with E-state index < -0.39 is 0 Å². The topological polar surface area (TPSA) is 61.8 Å². The van der Waals surface area contributed by atoms with E-state index in [0.717, 1.165) is 32.9 Å². The Kier molecular flexibility index (Phi) is 2.40. The summed E-state index contributed by atoms with van der Waals surface area (Å²) >= 11 is 3.43. The van der Waals surface area contributed by atoms with Crippen LogP contribution in [0.5, 0.6) is 11.5 Å². The molecule has 6 heteroatoms. The number of rotatable bonds is 1. The Morgan fingerprint density at radius 2 is 2.00 bits per heavy atom. The van der Waals surface area contributed by atoms with E-state index >= 15 is 0 Å². The van der Waals surface area contributed by atoms with E-state index in [1.165, 1.54) is 0 Å². The van der Waals surface area contributed by atoms with Crippen LogP contribution in [0, 0.1) is 0 Å². The summed E-state index contributed by atoms with van der Waals surface area (Å²) in [7, 11) is 0. The monoisotopic (exact) mass is 331 g/mol. The molecule has 5 nitrogen and oxygen atoms in total. The molecule has 2 aromatic heterocycles. The number of anilines is 1. The van der Waals surface area contributed by atoms with Crippen molar-refractivity contribution in [1.29, 1.82) is 0 Å². The highest BCUT2D eigenvalue weighted by atomic mass is 79.9. The summed E-state index contributed by atoms with van der Waals surface area (Å²) in [6, 6.07) is 9.55. The molecule has 4 rings (SSSR count).